The van der Waals surface area contributed by atoms with Crippen molar-refractivity contribution in [2.45, 2.75) is 39.3 Å². The van der Waals surface area contributed by atoms with Crippen LogP contribution >= 0.6 is 0 Å². The second-order valence-corrected chi connectivity index (χ2v) is 4.87. The second kappa shape index (κ2) is 7.44. The third-order valence-electron chi connectivity index (χ3n) is 3.21. The van der Waals surface area contributed by atoms with Gasteiger partial charge in [-0.3, -0.25) is 4.98 Å². The van der Waals surface area contributed by atoms with E-state index in [4.69, 9.17) is 0 Å². The van der Waals surface area contributed by atoms with Crippen molar-refractivity contribution >= 4 is 0 Å². The van der Waals surface area contributed by atoms with Crippen molar-refractivity contribution in [3.8, 4) is 0 Å². The third-order valence-corrected chi connectivity index (χ3v) is 3.21. The molecule has 0 aliphatic carbocycles. The summed E-state index contributed by atoms with van der Waals surface area (Å²) in [6, 6.07) is 3.96. The summed E-state index contributed by atoms with van der Waals surface area (Å²) in [6.07, 6.45) is 2.26. The van der Waals surface area contributed by atoms with Crippen LogP contribution in [0.1, 0.15) is 38.9 Å². The van der Waals surface area contributed by atoms with Crippen LogP contribution < -0.4 is 5.32 Å². The normalized spacial score (nSPS) is 13.3. The maximum Gasteiger partial charge on any atom is 0.141 e. The van der Waals surface area contributed by atoms with E-state index in [9.17, 15) is 4.39 Å². The first-order valence-corrected chi connectivity index (χ1v) is 6.59. The van der Waals surface area contributed by atoms with Crippen LogP contribution in [0.25, 0.3) is 0 Å². The monoisotopic (exact) mass is 253 g/mol. The molecule has 0 fully saturated rings. The molecule has 1 heterocycles. The van der Waals surface area contributed by atoms with Crippen molar-refractivity contribution in [1.29, 1.82) is 0 Å². The molecule has 1 atom stereocenters. The minimum atomic E-state index is -0.284. The molecule has 18 heavy (non-hydrogen) atoms. The minimum Gasteiger partial charge on any atom is -0.309 e. The molecule has 102 valence electrons. The van der Waals surface area contributed by atoms with Crippen LogP contribution in [0.5, 0.6) is 0 Å². The van der Waals surface area contributed by atoms with E-state index in [-0.39, 0.29) is 11.9 Å². The molecule has 0 spiro atoms. The van der Waals surface area contributed by atoms with Crippen LogP contribution in [0.2, 0.25) is 0 Å². The number of rotatable bonds is 7. The molecule has 0 bridgehead atoms. The Bertz CT molecular complexity index is 337. The van der Waals surface area contributed by atoms with E-state index in [1.807, 2.05) is 0 Å². The Morgan fingerprint density at radius 1 is 1.39 bits per heavy atom. The quantitative estimate of drug-likeness (QED) is 0.809. The topological polar surface area (TPSA) is 28.2 Å². The highest BCUT2D eigenvalue weighted by molar-refractivity contribution is 5.09. The van der Waals surface area contributed by atoms with Crippen molar-refractivity contribution in [3.63, 3.8) is 0 Å². The van der Waals surface area contributed by atoms with Crippen LogP contribution in [0.4, 0.5) is 4.39 Å². The molecule has 0 radical (unpaired) electrons. The molecular weight excluding hydrogens is 229 g/mol. The number of nitrogens with one attached hydrogen (secondary N) is 1. The van der Waals surface area contributed by atoms with E-state index in [1.165, 1.54) is 12.3 Å². The summed E-state index contributed by atoms with van der Waals surface area (Å²) < 4.78 is 12.9. The lowest BCUT2D eigenvalue weighted by Gasteiger charge is -2.24. The summed E-state index contributed by atoms with van der Waals surface area (Å²) in [5.74, 6) is -0.284. The maximum absolute atomic E-state index is 12.9. The van der Waals surface area contributed by atoms with Crippen LogP contribution in [0.3, 0.4) is 0 Å². The van der Waals surface area contributed by atoms with Gasteiger partial charge in [0.15, 0.2) is 0 Å². The van der Waals surface area contributed by atoms with E-state index in [2.05, 4.69) is 43.0 Å². The first-order valence-electron chi connectivity index (χ1n) is 6.59. The van der Waals surface area contributed by atoms with Gasteiger partial charge in [0, 0.05) is 6.04 Å². The highest BCUT2D eigenvalue weighted by Gasteiger charge is 2.13. The Labute approximate surface area is 109 Å². The highest BCUT2D eigenvalue weighted by atomic mass is 19.1. The Kier molecular flexibility index (Phi) is 6.22. The first kappa shape index (κ1) is 15.1. The van der Waals surface area contributed by atoms with Crippen molar-refractivity contribution in [2.75, 3.05) is 20.1 Å². The SMILES string of the molecule is CCNC(CCN(C)C(C)C)c1ccc(F)cn1. The molecule has 0 saturated carbocycles. The molecule has 0 aliphatic heterocycles. The molecule has 1 unspecified atom stereocenters. The number of nitrogens with zero attached hydrogens (tertiary/aromatic N) is 2. The molecular formula is C14H24FN3. The predicted molar refractivity (Wildman–Crippen MR) is 73.0 cm³/mol. The number of pyridine rings is 1. The zero-order valence-electron chi connectivity index (χ0n) is 11.8. The zero-order valence-corrected chi connectivity index (χ0v) is 11.8. The van der Waals surface area contributed by atoms with Gasteiger partial charge in [-0.05, 0) is 52.5 Å². The fraction of sp³-hybridized carbons (Fsp3) is 0.643. The van der Waals surface area contributed by atoms with E-state index in [0.29, 0.717) is 6.04 Å². The number of aromatic nitrogens is 1. The maximum atomic E-state index is 12.9. The van der Waals surface area contributed by atoms with E-state index >= 15 is 0 Å². The first-order chi connectivity index (χ1) is 8.54. The third kappa shape index (κ3) is 4.70. The Morgan fingerprint density at radius 2 is 2.11 bits per heavy atom. The zero-order chi connectivity index (χ0) is 13.5. The molecule has 3 nitrogen and oxygen atoms in total. The highest BCUT2D eigenvalue weighted by Crippen LogP contribution is 2.15. The van der Waals surface area contributed by atoms with Crippen molar-refractivity contribution in [2.24, 2.45) is 0 Å². The molecule has 0 aliphatic rings. The van der Waals surface area contributed by atoms with E-state index in [0.717, 1.165) is 25.2 Å². The summed E-state index contributed by atoms with van der Waals surface area (Å²) >= 11 is 0. The van der Waals surface area contributed by atoms with Gasteiger partial charge in [0.1, 0.15) is 5.82 Å². The molecule has 4 heteroatoms. The van der Waals surface area contributed by atoms with Gasteiger partial charge in [-0.25, -0.2) is 4.39 Å². The van der Waals surface area contributed by atoms with Gasteiger partial charge >= 0.3 is 0 Å². The molecule has 0 aromatic carbocycles. The van der Waals surface area contributed by atoms with Gasteiger partial charge in [-0.15, -0.1) is 0 Å². The van der Waals surface area contributed by atoms with Crippen molar-refractivity contribution < 1.29 is 4.39 Å². The fourth-order valence-electron chi connectivity index (χ4n) is 1.79. The standard InChI is InChI=1S/C14H24FN3/c1-5-16-14(8-9-18(4)11(2)3)13-7-6-12(15)10-17-13/h6-7,10-11,14,16H,5,8-9H2,1-4H3. The Balaban J connectivity index is 2.62. The average molecular weight is 253 g/mol. The van der Waals surface area contributed by atoms with Crippen molar-refractivity contribution in [3.05, 3.63) is 29.8 Å². The van der Waals surface area contributed by atoms with Crippen LogP contribution in [-0.4, -0.2) is 36.1 Å². The number of hydrogen-bond acceptors (Lipinski definition) is 3. The fourth-order valence-corrected chi connectivity index (χ4v) is 1.79. The summed E-state index contributed by atoms with van der Waals surface area (Å²) in [5, 5.41) is 3.40. The largest absolute Gasteiger partial charge is 0.309 e. The molecule has 1 N–H and O–H groups in total. The van der Waals surface area contributed by atoms with Gasteiger partial charge in [0.2, 0.25) is 0 Å². The molecule has 0 saturated heterocycles. The summed E-state index contributed by atoms with van der Waals surface area (Å²) in [5.41, 5.74) is 0.912. The van der Waals surface area contributed by atoms with Gasteiger partial charge in [-0.1, -0.05) is 6.92 Å². The Morgan fingerprint density at radius 3 is 2.61 bits per heavy atom. The summed E-state index contributed by atoms with van der Waals surface area (Å²) in [4.78, 5) is 6.46. The lowest BCUT2D eigenvalue weighted by molar-refractivity contribution is 0.256. The molecule has 0 amide bonds. The molecule has 1 aromatic heterocycles. The smallest absolute Gasteiger partial charge is 0.141 e. The summed E-state index contributed by atoms with van der Waals surface area (Å²) in [7, 11) is 2.12. The lowest BCUT2D eigenvalue weighted by Crippen LogP contribution is -2.31. The second-order valence-electron chi connectivity index (χ2n) is 4.87. The van der Waals surface area contributed by atoms with Crippen LogP contribution in [0.15, 0.2) is 18.3 Å². The van der Waals surface area contributed by atoms with E-state index < -0.39 is 0 Å². The van der Waals surface area contributed by atoms with Gasteiger partial charge < -0.3 is 10.2 Å². The average Bonchev–Trinajstić information content (AvgIpc) is 2.35. The van der Waals surface area contributed by atoms with Gasteiger partial charge in [-0.2, -0.15) is 0 Å². The molecule has 1 rings (SSSR count). The number of halogens is 1. The lowest BCUT2D eigenvalue weighted by atomic mass is 10.1. The van der Waals surface area contributed by atoms with Crippen molar-refractivity contribution in [1.82, 2.24) is 15.2 Å². The van der Waals surface area contributed by atoms with Gasteiger partial charge in [0.25, 0.3) is 0 Å². The summed E-state index contributed by atoms with van der Waals surface area (Å²) in [6.45, 7) is 8.31. The predicted octanol–water partition coefficient (Wildman–Crippen LogP) is 2.60. The van der Waals surface area contributed by atoms with Crippen LogP contribution in [-0.2, 0) is 0 Å². The Hall–Kier alpha value is -1.00. The molecule has 1 aromatic rings. The minimum absolute atomic E-state index is 0.191. The van der Waals surface area contributed by atoms with E-state index in [1.54, 1.807) is 6.07 Å². The van der Waals surface area contributed by atoms with Crippen LogP contribution in [0, 0.1) is 5.82 Å². The number of hydrogen-bond donors (Lipinski definition) is 1. The van der Waals surface area contributed by atoms with Gasteiger partial charge in [0.05, 0.1) is 17.9 Å².